The Morgan fingerprint density at radius 2 is 1.97 bits per heavy atom. The summed E-state index contributed by atoms with van der Waals surface area (Å²) in [5.41, 5.74) is 10.3. The molecule has 4 rings (SSSR count). The number of nitrogens with one attached hydrogen (secondary N) is 1. The smallest absolute Gasteiger partial charge is 0.188 e. The number of rotatable bonds is 5. The van der Waals surface area contributed by atoms with Gasteiger partial charge in [-0.05, 0) is 29.3 Å². The first-order valence-electron chi connectivity index (χ1n) is 8.98. The summed E-state index contributed by atoms with van der Waals surface area (Å²) in [6.45, 7) is 0. The number of halogens is 1. The van der Waals surface area contributed by atoms with Crippen LogP contribution in [0, 0.1) is 5.82 Å². The zero-order valence-corrected chi connectivity index (χ0v) is 15.7. The lowest BCUT2D eigenvalue weighted by molar-refractivity contribution is 0.318. The number of nitrogens with zero attached hydrogens (tertiary/aromatic N) is 2. The van der Waals surface area contributed by atoms with Gasteiger partial charge in [-0.1, -0.05) is 41.6 Å². The van der Waals surface area contributed by atoms with Crippen molar-refractivity contribution in [1.29, 1.82) is 0 Å². The summed E-state index contributed by atoms with van der Waals surface area (Å²) in [6.07, 6.45) is 0.433. The number of aromatic nitrogens is 2. The number of nitrogens with two attached hydrogens (primary N) is 1. The van der Waals surface area contributed by atoms with E-state index < -0.39 is 5.82 Å². The van der Waals surface area contributed by atoms with Crippen molar-refractivity contribution in [3.05, 3.63) is 83.4 Å². The zero-order chi connectivity index (χ0) is 20.4. The third-order valence-electron chi connectivity index (χ3n) is 4.78. The van der Waals surface area contributed by atoms with E-state index in [4.69, 9.17) is 15.7 Å². The standard InChI is InChI=1S/C22H19FN4O2/c1-29-20-12-19-15(11-17(20)23)16(21(26-19)13-6-3-2-4-7-13)10-14-8-5-9-18(25-14)22(24)27-28/h2-9,11-12,26,28H,10H2,1H3,(H2,24,27). The third-order valence-corrected chi connectivity index (χ3v) is 4.78. The summed E-state index contributed by atoms with van der Waals surface area (Å²) >= 11 is 0. The molecule has 0 bridgehead atoms. The molecular weight excluding hydrogens is 371 g/mol. The van der Waals surface area contributed by atoms with E-state index in [9.17, 15) is 4.39 Å². The lowest BCUT2D eigenvalue weighted by atomic mass is 10.0. The molecule has 0 amide bonds. The Morgan fingerprint density at radius 3 is 2.69 bits per heavy atom. The van der Waals surface area contributed by atoms with Crippen molar-refractivity contribution in [2.45, 2.75) is 6.42 Å². The lowest BCUT2D eigenvalue weighted by Gasteiger charge is -2.07. The van der Waals surface area contributed by atoms with Gasteiger partial charge in [0, 0.05) is 23.6 Å². The van der Waals surface area contributed by atoms with Gasteiger partial charge in [0.15, 0.2) is 17.4 Å². The SMILES string of the molecule is COc1cc2[nH]c(-c3ccccc3)c(Cc3cccc(C(N)=NO)n3)c2cc1F. The lowest BCUT2D eigenvalue weighted by Crippen LogP contribution is -2.15. The van der Waals surface area contributed by atoms with E-state index in [1.165, 1.54) is 13.2 Å². The number of pyridine rings is 1. The second kappa shape index (κ2) is 7.63. The summed E-state index contributed by atoms with van der Waals surface area (Å²) in [7, 11) is 1.44. The Balaban J connectivity index is 1.89. The number of hydrogen-bond acceptors (Lipinski definition) is 4. The van der Waals surface area contributed by atoms with Crippen LogP contribution in [-0.2, 0) is 6.42 Å². The van der Waals surface area contributed by atoms with Crippen LogP contribution < -0.4 is 10.5 Å². The Labute approximate surface area is 166 Å². The quantitative estimate of drug-likeness (QED) is 0.207. The highest BCUT2D eigenvalue weighted by atomic mass is 19.1. The minimum absolute atomic E-state index is 0.0650. The van der Waals surface area contributed by atoms with Crippen molar-refractivity contribution < 1.29 is 14.3 Å². The average Bonchev–Trinajstić information content (AvgIpc) is 3.10. The van der Waals surface area contributed by atoms with Gasteiger partial charge in [-0.15, -0.1) is 0 Å². The maximum absolute atomic E-state index is 14.5. The zero-order valence-electron chi connectivity index (χ0n) is 15.7. The van der Waals surface area contributed by atoms with Gasteiger partial charge in [0.2, 0.25) is 0 Å². The van der Waals surface area contributed by atoms with E-state index >= 15 is 0 Å². The number of H-pyrrole nitrogens is 1. The largest absolute Gasteiger partial charge is 0.494 e. The minimum atomic E-state index is -0.432. The Morgan fingerprint density at radius 1 is 1.17 bits per heavy atom. The summed E-state index contributed by atoms with van der Waals surface area (Å²) < 4.78 is 19.6. The number of ether oxygens (including phenoxy) is 1. The first-order valence-corrected chi connectivity index (χ1v) is 8.98. The fourth-order valence-corrected chi connectivity index (χ4v) is 3.40. The van der Waals surface area contributed by atoms with Gasteiger partial charge in [0.05, 0.1) is 18.3 Å². The predicted octanol–water partition coefficient (Wildman–Crippen LogP) is 4.06. The van der Waals surface area contributed by atoms with Crippen LogP contribution in [0.2, 0.25) is 0 Å². The van der Waals surface area contributed by atoms with E-state index in [1.807, 2.05) is 36.4 Å². The van der Waals surface area contributed by atoms with Gasteiger partial charge >= 0.3 is 0 Å². The van der Waals surface area contributed by atoms with Gasteiger partial charge in [-0.25, -0.2) is 9.37 Å². The number of amidine groups is 1. The molecule has 6 nitrogen and oxygen atoms in total. The van der Waals surface area contributed by atoms with Crippen LogP contribution in [0.15, 0.2) is 65.8 Å². The van der Waals surface area contributed by atoms with Crippen molar-refractivity contribution in [1.82, 2.24) is 9.97 Å². The molecule has 146 valence electrons. The van der Waals surface area contributed by atoms with E-state index in [0.29, 0.717) is 17.8 Å². The molecular formula is C22H19FN4O2. The number of benzene rings is 2. The topological polar surface area (TPSA) is 96.5 Å². The van der Waals surface area contributed by atoms with Crippen LogP contribution in [0.4, 0.5) is 4.39 Å². The second-order valence-corrected chi connectivity index (χ2v) is 6.55. The van der Waals surface area contributed by atoms with Gasteiger partial charge in [0.25, 0.3) is 0 Å². The van der Waals surface area contributed by atoms with Crippen molar-refractivity contribution >= 4 is 16.7 Å². The van der Waals surface area contributed by atoms with Crippen molar-refractivity contribution in [2.75, 3.05) is 7.11 Å². The van der Waals surface area contributed by atoms with Gasteiger partial charge in [0.1, 0.15) is 5.69 Å². The Bertz CT molecular complexity index is 1200. The number of hydrogen-bond donors (Lipinski definition) is 3. The predicted molar refractivity (Wildman–Crippen MR) is 110 cm³/mol. The van der Waals surface area contributed by atoms with Crippen LogP contribution >= 0.6 is 0 Å². The van der Waals surface area contributed by atoms with Crippen LogP contribution in [0.25, 0.3) is 22.2 Å². The van der Waals surface area contributed by atoms with Crippen LogP contribution in [0.5, 0.6) is 5.75 Å². The molecule has 2 aromatic carbocycles. The molecule has 0 unspecified atom stereocenters. The molecule has 0 saturated heterocycles. The van der Waals surface area contributed by atoms with Crippen LogP contribution in [0.3, 0.4) is 0 Å². The van der Waals surface area contributed by atoms with Crippen LogP contribution in [-0.4, -0.2) is 28.1 Å². The summed E-state index contributed by atoms with van der Waals surface area (Å²) in [5.74, 6) is -0.319. The molecule has 0 atom stereocenters. The highest BCUT2D eigenvalue weighted by Gasteiger charge is 2.17. The monoisotopic (exact) mass is 390 g/mol. The number of aromatic amines is 1. The fourth-order valence-electron chi connectivity index (χ4n) is 3.40. The molecule has 7 heteroatoms. The highest BCUT2D eigenvalue weighted by Crippen LogP contribution is 2.35. The highest BCUT2D eigenvalue weighted by molar-refractivity contribution is 5.95. The molecule has 0 aliphatic heterocycles. The molecule has 2 aromatic heterocycles. The van der Waals surface area contributed by atoms with Crippen molar-refractivity contribution in [3.63, 3.8) is 0 Å². The molecule has 0 saturated carbocycles. The maximum Gasteiger partial charge on any atom is 0.188 e. The molecule has 0 aliphatic rings. The normalized spacial score (nSPS) is 11.7. The molecule has 0 aliphatic carbocycles. The first-order chi connectivity index (χ1) is 14.1. The molecule has 0 radical (unpaired) electrons. The van der Waals surface area contributed by atoms with Gasteiger partial charge in [-0.3, -0.25) is 0 Å². The Hall–Kier alpha value is -3.87. The number of oxime groups is 1. The van der Waals surface area contributed by atoms with Crippen molar-refractivity contribution in [3.8, 4) is 17.0 Å². The third kappa shape index (κ3) is 3.50. The van der Waals surface area contributed by atoms with Crippen molar-refractivity contribution in [2.24, 2.45) is 10.9 Å². The summed E-state index contributed by atoms with van der Waals surface area (Å²) in [5, 5.41) is 12.7. The Kier molecular flexibility index (Phi) is 4.87. The average molecular weight is 390 g/mol. The molecule has 0 spiro atoms. The summed E-state index contributed by atoms with van der Waals surface area (Å²) in [6, 6.07) is 18.2. The maximum atomic E-state index is 14.5. The van der Waals surface area contributed by atoms with Crippen LogP contribution in [0.1, 0.15) is 17.0 Å². The fraction of sp³-hybridized carbons (Fsp3) is 0.0909. The molecule has 4 aromatic rings. The van der Waals surface area contributed by atoms with E-state index in [0.717, 1.165) is 27.7 Å². The molecule has 29 heavy (non-hydrogen) atoms. The van der Waals surface area contributed by atoms with Gasteiger partial charge < -0.3 is 20.7 Å². The van der Waals surface area contributed by atoms with Gasteiger partial charge in [-0.2, -0.15) is 0 Å². The molecule has 2 heterocycles. The second-order valence-electron chi connectivity index (χ2n) is 6.55. The van der Waals surface area contributed by atoms with E-state index in [2.05, 4.69) is 15.1 Å². The van der Waals surface area contributed by atoms with E-state index in [-0.39, 0.29) is 11.6 Å². The minimum Gasteiger partial charge on any atom is -0.494 e. The molecule has 4 N–H and O–H groups in total. The summed E-state index contributed by atoms with van der Waals surface area (Å²) in [4.78, 5) is 7.86. The molecule has 0 fully saturated rings. The number of fused-ring (bicyclic) bond motifs is 1. The number of methoxy groups -OCH3 is 1. The first kappa shape index (κ1) is 18.5. The van der Waals surface area contributed by atoms with E-state index in [1.54, 1.807) is 18.2 Å².